The molecule has 0 bridgehead atoms. The van der Waals surface area contributed by atoms with E-state index in [1.54, 1.807) is 17.0 Å². The van der Waals surface area contributed by atoms with Gasteiger partial charge in [0.2, 0.25) is 5.91 Å². The zero-order valence-corrected chi connectivity index (χ0v) is 13.0. The van der Waals surface area contributed by atoms with Gasteiger partial charge in [-0.25, -0.2) is 0 Å². The van der Waals surface area contributed by atoms with Crippen LogP contribution in [-0.4, -0.2) is 46.0 Å². The zero-order valence-electron chi connectivity index (χ0n) is 12.2. The molecule has 2 aliphatic rings. The first-order chi connectivity index (χ1) is 10.8. The summed E-state index contributed by atoms with van der Waals surface area (Å²) in [5.74, 6) is 0.0925. The third-order valence-electron chi connectivity index (χ3n) is 4.14. The Labute approximate surface area is 134 Å². The molecular formula is C15H16F3NO3S. The minimum atomic E-state index is -4.75. The van der Waals surface area contributed by atoms with Gasteiger partial charge in [-0.3, -0.25) is 9.00 Å². The SMILES string of the molecule is O=C([C@@H]1C[C@@H]1c1ccccc1OC(F)(F)F)N1CCS(=O)CC1. The molecule has 4 nitrogen and oxygen atoms in total. The van der Waals surface area contributed by atoms with Gasteiger partial charge in [0, 0.05) is 41.3 Å². The van der Waals surface area contributed by atoms with Gasteiger partial charge in [-0.2, -0.15) is 0 Å². The summed E-state index contributed by atoms with van der Waals surface area (Å²) in [4.78, 5) is 14.1. The number of benzene rings is 1. The van der Waals surface area contributed by atoms with Crippen molar-refractivity contribution >= 4 is 16.7 Å². The number of para-hydroxylation sites is 1. The molecule has 0 spiro atoms. The van der Waals surface area contributed by atoms with Crippen LogP contribution in [0, 0.1) is 5.92 Å². The molecule has 0 N–H and O–H groups in total. The third-order valence-corrected chi connectivity index (χ3v) is 5.42. The summed E-state index contributed by atoms with van der Waals surface area (Å²) in [7, 11) is -0.869. The Balaban J connectivity index is 1.68. The second kappa shape index (κ2) is 6.14. The van der Waals surface area contributed by atoms with E-state index >= 15 is 0 Å². The van der Waals surface area contributed by atoms with E-state index in [4.69, 9.17) is 0 Å². The maximum Gasteiger partial charge on any atom is 0.573 e. The van der Waals surface area contributed by atoms with Crippen molar-refractivity contribution in [1.82, 2.24) is 4.90 Å². The fraction of sp³-hybridized carbons (Fsp3) is 0.533. The van der Waals surface area contributed by atoms with E-state index in [9.17, 15) is 22.2 Å². The van der Waals surface area contributed by atoms with E-state index in [0.29, 0.717) is 36.6 Å². The minimum absolute atomic E-state index is 0.0616. The molecule has 0 aromatic heterocycles. The van der Waals surface area contributed by atoms with Crippen molar-refractivity contribution < 1.29 is 26.9 Å². The highest BCUT2D eigenvalue weighted by molar-refractivity contribution is 7.85. The number of hydrogen-bond acceptors (Lipinski definition) is 3. The molecule has 23 heavy (non-hydrogen) atoms. The Morgan fingerprint density at radius 1 is 1.22 bits per heavy atom. The van der Waals surface area contributed by atoms with Crippen LogP contribution in [-0.2, 0) is 15.6 Å². The van der Waals surface area contributed by atoms with Crippen molar-refractivity contribution in [3.05, 3.63) is 29.8 Å². The zero-order chi connectivity index (χ0) is 16.6. The van der Waals surface area contributed by atoms with Crippen molar-refractivity contribution in [2.45, 2.75) is 18.7 Å². The molecule has 1 heterocycles. The predicted octanol–water partition coefficient (Wildman–Crippen LogP) is 2.28. The first-order valence-electron chi connectivity index (χ1n) is 7.33. The standard InChI is InChI=1S/C15H16F3NO3S/c16-15(17,18)22-13-4-2-1-3-10(13)11-9-12(11)14(20)19-5-7-23(21)8-6-19/h1-4,11-12H,5-9H2/t11-,12-/m1/s1. The first kappa shape index (κ1) is 16.3. The molecule has 8 heteroatoms. The van der Waals surface area contributed by atoms with Crippen LogP contribution in [0.4, 0.5) is 13.2 Å². The fourth-order valence-electron chi connectivity index (χ4n) is 2.91. The number of rotatable bonds is 3. The molecule has 1 aromatic carbocycles. The maximum atomic E-state index is 12.5. The predicted molar refractivity (Wildman–Crippen MR) is 78.4 cm³/mol. The van der Waals surface area contributed by atoms with E-state index in [1.807, 2.05) is 0 Å². The average molecular weight is 347 g/mol. The van der Waals surface area contributed by atoms with Crippen LogP contribution in [0.15, 0.2) is 24.3 Å². The summed E-state index contributed by atoms with van der Waals surface area (Å²) in [6, 6.07) is 5.96. The van der Waals surface area contributed by atoms with Crippen LogP contribution in [0.25, 0.3) is 0 Å². The molecule has 1 amide bonds. The molecule has 0 radical (unpaired) electrons. The largest absolute Gasteiger partial charge is 0.573 e. The maximum absolute atomic E-state index is 12.5. The van der Waals surface area contributed by atoms with Gasteiger partial charge < -0.3 is 9.64 Å². The Bertz CT molecular complexity index is 625. The van der Waals surface area contributed by atoms with Crippen LogP contribution in [0.2, 0.25) is 0 Å². The average Bonchev–Trinajstić information content (AvgIpc) is 3.26. The fourth-order valence-corrected chi connectivity index (χ4v) is 3.96. The van der Waals surface area contributed by atoms with Crippen LogP contribution in [0.3, 0.4) is 0 Å². The number of nitrogens with zero attached hydrogens (tertiary/aromatic N) is 1. The van der Waals surface area contributed by atoms with Crippen molar-refractivity contribution in [3.63, 3.8) is 0 Å². The number of halogens is 3. The van der Waals surface area contributed by atoms with Gasteiger partial charge in [0.25, 0.3) is 0 Å². The van der Waals surface area contributed by atoms with Gasteiger partial charge in [0.05, 0.1) is 0 Å². The minimum Gasteiger partial charge on any atom is -0.405 e. The topological polar surface area (TPSA) is 46.6 Å². The Morgan fingerprint density at radius 2 is 1.87 bits per heavy atom. The molecule has 1 saturated heterocycles. The molecule has 1 aliphatic carbocycles. The number of amides is 1. The van der Waals surface area contributed by atoms with E-state index in [2.05, 4.69) is 4.74 Å². The second-order valence-electron chi connectivity index (χ2n) is 5.71. The lowest BCUT2D eigenvalue weighted by molar-refractivity contribution is -0.274. The molecular weight excluding hydrogens is 331 g/mol. The van der Waals surface area contributed by atoms with Crippen molar-refractivity contribution in [2.75, 3.05) is 24.6 Å². The highest BCUT2D eigenvalue weighted by Gasteiger charge is 2.48. The number of ether oxygens (including phenoxy) is 1. The number of alkyl halides is 3. The van der Waals surface area contributed by atoms with Gasteiger partial charge >= 0.3 is 6.36 Å². The monoisotopic (exact) mass is 347 g/mol. The number of carbonyl (C=O) groups is 1. The van der Waals surface area contributed by atoms with Crippen molar-refractivity contribution in [1.29, 1.82) is 0 Å². The van der Waals surface area contributed by atoms with Crippen molar-refractivity contribution in [2.24, 2.45) is 5.92 Å². The van der Waals surface area contributed by atoms with Gasteiger partial charge in [-0.05, 0) is 24.0 Å². The Hall–Kier alpha value is -1.57. The normalized spacial score (nSPS) is 25.3. The quantitative estimate of drug-likeness (QED) is 0.843. The lowest BCUT2D eigenvalue weighted by Gasteiger charge is -2.26. The smallest absolute Gasteiger partial charge is 0.405 e. The number of hydrogen-bond donors (Lipinski definition) is 0. The van der Waals surface area contributed by atoms with Crippen molar-refractivity contribution in [3.8, 4) is 5.75 Å². The van der Waals surface area contributed by atoms with Crippen LogP contribution >= 0.6 is 0 Å². The first-order valence-corrected chi connectivity index (χ1v) is 8.82. The van der Waals surface area contributed by atoms with E-state index < -0.39 is 17.2 Å². The second-order valence-corrected chi connectivity index (χ2v) is 7.40. The summed E-state index contributed by atoms with van der Waals surface area (Å²) in [6.07, 6.45) is -4.22. The summed E-state index contributed by atoms with van der Waals surface area (Å²) >= 11 is 0. The lowest BCUT2D eigenvalue weighted by Crippen LogP contribution is -2.42. The molecule has 3 rings (SSSR count). The van der Waals surface area contributed by atoms with Gasteiger partial charge in [-0.15, -0.1) is 13.2 Å². The van der Waals surface area contributed by atoms with Crippen LogP contribution in [0.5, 0.6) is 5.75 Å². The van der Waals surface area contributed by atoms with Gasteiger partial charge in [0.1, 0.15) is 5.75 Å². The molecule has 126 valence electrons. The van der Waals surface area contributed by atoms with Crippen LogP contribution in [0.1, 0.15) is 17.9 Å². The Kier molecular flexibility index (Phi) is 4.35. The summed E-state index contributed by atoms with van der Waals surface area (Å²) in [5.41, 5.74) is 0.420. The Morgan fingerprint density at radius 3 is 2.52 bits per heavy atom. The molecule has 1 aliphatic heterocycles. The molecule has 1 saturated carbocycles. The summed E-state index contributed by atoms with van der Waals surface area (Å²) in [6.45, 7) is 0.907. The highest BCUT2D eigenvalue weighted by atomic mass is 32.2. The van der Waals surface area contributed by atoms with E-state index in [1.165, 1.54) is 12.1 Å². The molecule has 1 aromatic rings. The number of carbonyl (C=O) groups excluding carboxylic acids is 1. The molecule has 0 unspecified atom stereocenters. The van der Waals surface area contributed by atoms with Crippen LogP contribution < -0.4 is 4.74 Å². The third kappa shape index (κ3) is 3.85. The highest BCUT2D eigenvalue weighted by Crippen LogP contribution is 2.51. The van der Waals surface area contributed by atoms with Gasteiger partial charge in [0.15, 0.2) is 0 Å². The molecule has 2 atom stereocenters. The van der Waals surface area contributed by atoms with E-state index in [0.717, 1.165) is 0 Å². The van der Waals surface area contributed by atoms with Gasteiger partial charge in [-0.1, -0.05) is 18.2 Å². The summed E-state index contributed by atoms with van der Waals surface area (Å²) < 4.78 is 52.8. The lowest BCUT2D eigenvalue weighted by atomic mass is 10.1. The molecule has 2 fully saturated rings. The summed E-state index contributed by atoms with van der Waals surface area (Å²) in [5, 5.41) is 0. The van der Waals surface area contributed by atoms with E-state index in [-0.39, 0.29) is 23.5 Å².